The lowest BCUT2D eigenvalue weighted by Crippen LogP contribution is -1.73. The Labute approximate surface area is 65.5 Å². The van der Waals surface area contributed by atoms with Crippen LogP contribution < -0.4 is 6.15 Å². The molecule has 1 aromatic carbocycles. The van der Waals surface area contributed by atoms with Crippen LogP contribution in [0, 0.1) is 0 Å². The molecule has 1 aromatic heterocycles. The van der Waals surface area contributed by atoms with E-state index in [9.17, 15) is 0 Å². The molecule has 0 radical (unpaired) electrons. The summed E-state index contributed by atoms with van der Waals surface area (Å²) in [5.74, 6) is 0. The van der Waals surface area contributed by atoms with Crippen LogP contribution in [0.5, 0.6) is 0 Å². The van der Waals surface area contributed by atoms with Gasteiger partial charge in [0.1, 0.15) is 0 Å². The molecule has 0 bridgehead atoms. The van der Waals surface area contributed by atoms with Gasteiger partial charge in [-0.3, -0.25) is 4.98 Å². The first kappa shape index (κ1) is 7.69. The SMILES string of the molecule is N.c1ccc2ncccc2c1. The summed E-state index contributed by atoms with van der Waals surface area (Å²) in [7, 11) is 0. The summed E-state index contributed by atoms with van der Waals surface area (Å²) >= 11 is 0. The van der Waals surface area contributed by atoms with Gasteiger partial charge in [0.05, 0.1) is 5.52 Å². The quantitative estimate of drug-likeness (QED) is 0.620. The van der Waals surface area contributed by atoms with E-state index in [4.69, 9.17) is 0 Å². The Hall–Kier alpha value is -1.41. The second-order valence-corrected chi connectivity index (χ2v) is 2.20. The van der Waals surface area contributed by atoms with E-state index >= 15 is 0 Å². The predicted molar refractivity (Wildman–Crippen MR) is 46.8 cm³/mol. The van der Waals surface area contributed by atoms with E-state index in [0.29, 0.717) is 0 Å². The molecule has 0 fully saturated rings. The second-order valence-electron chi connectivity index (χ2n) is 2.20. The number of pyridine rings is 1. The summed E-state index contributed by atoms with van der Waals surface area (Å²) in [6.45, 7) is 0. The van der Waals surface area contributed by atoms with Gasteiger partial charge >= 0.3 is 0 Å². The standard InChI is InChI=1S/C9H7N.H3N/c1-2-6-9-8(4-1)5-3-7-10-9;/h1-7H;1H3. The van der Waals surface area contributed by atoms with Crippen LogP contribution in [0.25, 0.3) is 10.9 Å². The first-order valence-electron chi connectivity index (χ1n) is 3.26. The van der Waals surface area contributed by atoms with Gasteiger partial charge in [-0.25, -0.2) is 0 Å². The van der Waals surface area contributed by atoms with Crippen molar-refractivity contribution in [1.82, 2.24) is 11.1 Å². The van der Waals surface area contributed by atoms with E-state index in [-0.39, 0.29) is 6.15 Å². The van der Waals surface area contributed by atoms with Gasteiger partial charge in [-0.2, -0.15) is 0 Å². The van der Waals surface area contributed by atoms with E-state index < -0.39 is 0 Å². The fourth-order valence-electron chi connectivity index (χ4n) is 1.02. The van der Waals surface area contributed by atoms with E-state index in [1.54, 1.807) is 0 Å². The monoisotopic (exact) mass is 146 g/mol. The average molecular weight is 146 g/mol. The van der Waals surface area contributed by atoms with Crippen LogP contribution >= 0.6 is 0 Å². The molecule has 2 rings (SSSR count). The molecule has 0 spiro atoms. The molecule has 0 aliphatic carbocycles. The minimum absolute atomic E-state index is 0. The maximum Gasteiger partial charge on any atom is 0.0701 e. The smallest absolute Gasteiger partial charge is 0.0701 e. The molecule has 0 amide bonds. The number of para-hydroxylation sites is 1. The molecule has 3 N–H and O–H groups in total. The third-order valence-electron chi connectivity index (χ3n) is 1.51. The molecule has 0 atom stereocenters. The van der Waals surface area contributed by atoms with Gasteiger partial charge in [0.2, 0.25) is 0 Å². The normalized spacial score (nSPS) is 9.09. The van der Waals surface area contributed by atoms with Gasteiger partial charge in [0, 0.05) is 11.6 Å². The molecule has 0 saturated heterocycles. The van der Waals surface area contributed by atoms with Crippen LogP contribution in [-0.4, -0.2) is 4.98 Å². The number of rotatable bonds is 0. The maximum absolute atomic E-state index is 4.18. The highest BCUT2D eigenvalue weighted by atomic mass is 14.6. The molecule has 2 nitrogen and oxygen atoms in total. The van der Waals surface area contributed by atoms with Crippen molar-refractivity contribution < 1.29 is 0 Å². The summed E-state index contributed by atoms with van der Waals surface area (Å²) in [4.78, 5) is 4.18. The number of benzene rings is 1. The van der Waals surface area contributed by atoms with Gasteiger partial charge < -0.3 is 6.15 Å². The van der Waals surface area contributed by atoms with Crippen molar-refractivity contribution in [3.8, 4) is 0 Å². The van der Waals surface area contributed by atoms with Crippen molar-refractivity contribution in [3.05, 3.63) is 42.6 Å². The fraction of sp³-hybridized carbons (Fsp3) is 0. The number of hydrogen-bond acceptors (Lipinski definition) is 2. The lowest BCUT2D eigenvalue weighted by atomic mass is 10.2. The van der Waals surface area contributed by atoms with Crippen LogP contribution in [0.3, 0.4) is 0 Å². The summed E-state index contributed by atoms with van der Waals surface area (Å²) in [5, 5.41) is 1.20. The Morgan fingerprint density at radius 3 is 2.45 bits per heavy atom. The zero-order valence-electron chi connectivity index (χ0n) is 6.20. The number of hydrogen-bond donors (Lipinski definition) is 1. The molecule has 2 aromatic rings. The Morgan fingerprint density at radius 1 is 0.909 bits per heavy atom. The third-order valence-corrected chi connectivity index (χ3v) is 1.51. The maximum atomic E-state index is 4.18. The second kappa shape index (κ2) is 3.12. The highest BCUT2D eigenvalue weighted by molar-refractivity contribution is 5.77. The Kier molecular flexibility index (Phi) is 2.18. The minimum Gasteiger partial charge on any atom is -0.344 e. The van der Waals surface area contributed by atoms with Crippen LogP contribution in [0.1, 0.15) is 0 Å². The highest BCUT2D eigenvalue weighted by Gasteiger charge is 1.86. The Balaban J connectivity index is 0.000000605. The summed E-state index contributed by atoms with van der Waals surface area (Å²) < 4.78 is 0. The van der Waals surface area contributed by atoms with Gasteiger partial charge in [-0.05, 0) is 12.1 Å². The summed E-state index contributed by atoms with van der Waals surface area (Å²) in [5.41, 5.74) is 1.06. The van der Waals surface area contributed by atoms with Gasteiger partial charge in [0.15, 0.2) is 0 Å². The molecule has 0 aliphatic heterocycles. The molecule has 56 valence electrons. The number of fused-ring (bicyclic) bond motifs is 1. The van der Waals surface area contributed by atoms with Crippen LogP contribution in [0.15, 0.2) is 42.6 Å². The topological polar surface area (TPSA) is 47.9 Å². The molecule has 0 unspecified atom stereocenters. The Morgan fingerprint density at radius 2 is 1.64 bits per heavy atom. The largest absolute Gasteiger partial charge is 0.344 e. The van der Waals surface area contributed by atoms with Crippen LogP contribution in [0.2, 0.25) is 0 Å². The van der Waals surface area contributed by atoms with Crippen molar-refractivity contribution >= 4 is 10.9 Å². The lowest BCUT2D eigenvalue weighted by molar-refractivity contribution is 1.41. The zero-order chi connectivity index (χ0) is 6.81. The highest BCUT2D eigenvalue weighted by Crippen LogP contribution is 2.07. The fourth-order valence-corrected chi connectivity index (χ4v) is 1.02. The molecule has 1 heterocycles. The van der Waals surface area contributed by atoms with Gasteiger partial charge in [0.25, 0.3) is 0 Å². The van der Waals surface area contributed by atoms with Crippen molar-refractivity contribution in [2.45, 2.75) is 0 Å². The van der Waals surface area contributed by atoms with Gasteiger partial charge in [-0.15, -0.1) is 0 Å². The van der Waals surface area contributed by atoms with E-state index in [0.717, 1.165) is 5.52 Å². The van der Waals surface area contributed by atoms with E-state index in [1.807, 2.05) is 30.5 Å². The molecule has 2 heteroatoms. The van der Waals surface area contributed by atoms with E-state index in [2.05, 4.69) is 17.1 Å². The Bertz CT molecular complexity index is 279. The van der Waals surface area contributed by atoms with Gasteiger partial charge in [-0.1, -0.05) is 24.3 Å². The first-order chi connectivity index (χ1) is 4.97. The average Bonchev–Trinajstić information content (AvgIpc) is 2.05. The zero-order valence-corrected chi connectivity index (χ0v) is 6.20. The van der Waals surface area contributed by atoms with Crippen LogP contribution in [0.4, 0.5) is 0 Å². The number of aromatic nitrogens is 1. The molecule has 11 heavy (non-hydrogen) atoms. The predicted octanol–water partition coefficient (Wildman–Crippen LogP) is 2.40. The summed E-state index contributed by atoms with van der Waals surface area (Å²) in [6, 6.07) is 12.1. The van der Waals surface area contributed by atoms with Crippen LogP contribution in [-0.2, 0) is 0 Å². The van der Waals surface area contributed by atoms with Crippen molar-refractivity contribution in [3.63, 3.8) is 0 Å². The first-order valence-corrected chi connectivity index (χ1v) is 3.26. The summed E-state index contributed by atoms with van der Waals surface area (Å²) in [6.07, 6.45) is 1.81. The molecule has 0 saturated carbocycles. The molecular formula is C9H10N2. The molecular weight excluding hydrogens is 136 g/mol. The third kappa shape index (κ3) is 1.36. The van der Waals surface area contributed by atoms with E-state index in [1.165, 1.54) is 5.39 Å². The lowest BCUT2D eigenvalue weighted by Gasteiger charge is -1.91. The number of nitrogens with zero attached hydrogens (tertiary/aromatic N) is 1. The van der Waals surface area contributed by atoms with Crippen molar-refractivity contribution in [2.24, 2.45) is 0 Å². The van der Waals surface area contributed by atoms with Crippen molar-refractivity contribution in [1.29, 1.82) is 0 Å². The molecule has 0 aliphatic rings. The van der Waals surface area contributed by atoms with Crippen molar-refractivity contribution in [2.75, 3.05) is 0 Å². The minimum atomic E-state index is 0.